The maximum absolute atomic E-state index is 12.2. The second-order valence-corrected chi connectivity index (χ2v) is 8.24. The fraction of sp³-hybridized carbons (Fsp3) is 0.588. The number of nitrogens with one attached hydrogen (secondary N) is 2. The van der Waals surface area contributed by atoms with Crippen LogP contribution in [-0.2, 0) is 14.8 Å². The molecule has 0 heterocycles. The fourth-order valence-corrected chi connectivity index (χ4v) is 3.60. The van der Waals surface area contributed by atoms with Gasteiger partial charge in [-0.2, -0.15) is 0 Å². The van der Waals surface area contributed by atoms with E-state index in [1.165, 1.54) is 25.0 Å². The predicted molar refractivity (Wildman–Crippen MR) is 96.1 cm³/mol. The van der Waals surface area contributed by atoms with Crippen LogP contribution in [0.15, 0.2) is 29.2 Å². The number of carbonyl (C=O) groups excluding carboxylic acids is 1. The molecular formula is C17H27N3O4S. The van der Waals surface area contributed by atoms with Gasteiger partial charge in [0.05, 0.1) is 17.5 Å². The highest BCUT2D eigenvalue weighted by molar-refractivity contribution is 7.89. The van der Waals surface area contributed by atoms with Gasteiger partial charge in [-0.05, 0) is 64.0 Å². The van der Waals surface area contributed by atoms with E-state index in [9.17, 15) is 13.2 Å². The SMILES string of the molecule is CN(C)CCNC(=O)CNS(=O)(=O)c1ccc(OC2CCCC2)cc1. The number of ether oxygens (including phenoxy) is 1. The molecule has 0 atom stereocenters. The molecule has 25 heavy (non-hydrogen) atoms. The number of rotatable bonds is 9. The monoisotopic (exact) mass is 369 g/mol. The van der Waals surface area contributed by atoms with E-state index in [0.29, 0.717) is 18.8 Å². The molecule has 1 aliphatic rings. The molecule has 0 spiro atoms. The van der Waals surface area contributed by atoms with Gasteiger partial charge in [0, 0.05) is 13.1 Å². The Morgan fingerprint density at radius 3 is 2.44 bits per heavy atom. The molecule has 0 radical (unpaired) electrons. The molecule has 0 aromatic heterocycles. The maximum Gasteiger partial charge on any atom is 0.241 e. The molecule has 1 aromatic rings. The topological polar surface area (TPSA) is 87.7 Å². The maximum atomic E-state index is 12.2. The minimum Gasteiger partial charge on any atom is -0.490 e. The van der Waals surface area contributed by atoms with Crippen LogP contribution in [0.3, 0.4) is 0 Å². The molecule has 0 aliphatic heterocycles. The van der Waals surface area contributed by atoms with E-state index in [2.05, 4.69) is 10.0 Å². The minimum absolute atomic E-state index is 0.118. The lowest BCUT2D eigenvalue weighted by Crippen LogP contribution is -2.39. The molecule has 8 heteroatoms. The summed E-state index contributed by atoms with van der Waals surface area (Å²) < 4.78 is 32.6. The summed E-state index contributed by atoms with van der Waals surface area (Å²) in [6, 6.07) is 6.31. The predicted octanol–water partition coefficient (Wildman–Crippen LogP) is 0.964. The van der Waals surface area contributed by atoms with Crippen molar-refractivity contribution < 1.29 is 17.9 Å². The number of carbonyl (C=O) groups is 1. The van der Waals surface area contributed by atoms with Gasteiger partial charge in [0.25, 0.3) is 0 Å². The van der Waals surface area contributed by atoms with Crippen LogP contribution in [0.4, 0.5) is 0 Å². The Hall–Kier alpha value is -1.64. The third-order valence-electron chi connectivity index (χ3n) is 4.04. The molecule has 0 saturated heterocycles. The van der Waals surface area contributed by atoms with Gasteiger partial charge in [0.15, 0.2) is 0 Å². The van der Waals surface area contributed by atoms with E-state index in [-0.39, 0.29) is 23.5 Å². The van der Waals surface area contributed by atoms with Crippen molar-refractivity contribution in [2.24, 2.45) is 0 Å². The summed E-state index contributed by atoms with van der Waals surface area (Å²) in [5, 5.41) is 2.66. The average molecular weight is 369 g/mol. The summed E-state index contributed by atoms with van der Waals surface area (Å²) in [5.41, 5.74) is 0. The van der Waals surface area contributed by atoms with E-state index in [1.807, 2.05) is 19.0 Å². The Morgan fingerprint density at radius 1 is 1.20 bits per heavy atom. The van der Waals surface area contributed by atoms with Gasteiger partial charge in [0.2, 0.25) is 15.9 Å². The summed E-state index contributed by atoms with van der Waals surface area (Å²) in [5.74, 6) is 0.318. The number of likely N-dealkylation sites (N-methyl/N-ethyl adjacent to an activating group) is 1. The molecule has 0 bridgehead atoms. The van der Waals surface area contributed by atoms with Crippen molar-refractivity contribution in [1.29, 1.82) is 0 Å². The lowest BCUT2D eigenvalue weighted by atomic mass is 10.3. The highest BCUT2D eigenvalue weighted by Gasteiger charge is 2.18. The molecular weight excluding hydrogens is 342 g/mol. The van der Waals surface area contributed by atoms with Gasteiger partial charge in [-0.3, -0.25) is 4.79 Å². The standard InChI is InChI=1S/C17H27N3O4S/c1-20(2)12-11-18-17(21)13-19-25(22,23)16-9-7-15(8-10-16)24-14-5-3-4-6-14/h7-10,14,19H,3-6,11-13H2,1-2H3,(H,18,21). The van der Waals surface area contributed by atoms with Crippen molar-refractivity contribution in [2.45, 2.75) is 36.7 Å². The first-order valence-corrected chi connectivity index (χ1v) is 10.0. The number of benzene rings is 1. The van der Waals surface area contributed by atoms with E-state index in [4.69, 9.17) is 4.74 Å². The number of sulfonamides is 1. The lowest BCUT2D eigenvalue weighted by Gasteiger charge is -2.13. The summed E-state index contributed by atoms with van der Waals surface area (Å²) in [6.07, 6.45) is 4.68. The summed E-state index contributed by atoms with van der Waals surface area (Å²) in [4.78, 5) is 13.7. The molecule has 1 amide bonds. The Morgan fingerprint density at radius 2 is 1.84 bits per heavy atom. The molecule has 1 saturated carbocycles. The molecule has 1 aliphatic carbocycles. The van der Waals surface area contributed by atoms with Crippen molar-refractivity contribution in [2.75, 3.05) is 33.7 Å². The Labute approximate surface area is 149 Å². The molecule has 0 unspecified atom stereocenters. The minimum atomic E-state index is -3.72. The van der Waals surface area contributed by atoms with Crippen molar-refractivity contribution in [1.82, 2.24) is 14.9 Å². The van der Waals surface area contributed by atoms with Crippen LogP contribution in [0, 0.1) is 0 Å². The zero-order chi connectivity index (χ0) is 18.3. The first-order chi connectivity index (χ1) is 11.9. The molecule has 1 aromatic carbocycles. The van der Waals surface area contributed by atoms with E-state index in [0.717, 1.165) is 12.8 Å². The van der Waals surface area contributed by atoms with Crippen molar-refractivity contribution >= 4 is 15.9 Å². The van der Waals surface area contributed by atoms with Gasteiger partial charge < -0.3 is 15.0 Å². The Balaban J connectivity index is 1.83. The number of nitrogens with zero attached hydrogens (tertiary/aromatic N) is 1. The van der Waals surface area contributed by atoms with Crippen LogP contribution in [0.2, 0.25) is 0 Å². The Kier molecular flexibility index (Phi) is 7.22. The van der Waals surface area contributed by atoms with Gasteiger partial charge >= 0.3 is 0 Å². The lowest BCUT2D eigenvalue weighted by molar-refractivity contribution is -0.119. The van der Waals surface area contributed by atoms with Crippen LogP contribution in [0.25, 0.3) is 0 Å². The summed E-state index contributed by atoms with van der Waals surface area (Å²) in [6.45, 7) is 0.887. The third-order valence-corrected chi connectivity index (χ3v) is 5.46. The van der Waals surface area contributed by atoms with Crippen molar-refractivity contribution in [3.8, 4) is 5.75 Å². The fourth-order valence-electron chi connectivity index (χ4n) is 2.62. The first kappa shape index (κ1) is 19.7. The van der Waals surface area contributed by atoms with E-state index in [1.54, 1.807) is 12.1 Å². The highest BCUT2D eigenvalue weighted by atomic mass is 32.2. The summed E-state index contributed by atoms with van der Waals surface area (Å²) >= 11 is 0. The molecule has 2 N–H and O–H groups in total. The Bertz CT molecular complexity index is 653. The van der Waals surface area contributed by atoms with Crippen LogP contribution in [-0.4, -0.2) is 59.1 Å². The zero-order valence-corrected chi connectivity index (χ0v) is 15.6. The van der Waals surface area contributed by atoms with Crippen LogP contribution in [0.1, 0.15) is 25.7 Å². The smallest absolute Gasteiger partial charge is 0.241 e. The second-order valence-electron chi connectivity index (χ2n) is 6.47. The zero-order valence-electron chi connectivity index (χ0n) is 14.8. The van der Waals surface area contributed by atoms with Gasteiger partial charge in [-0.1, -0.05) is 0 Å². The van der Waals surface area contributed by atoms with Gasteiger partial charge in [-0.15, -0.1) is 0 Å². The van der Waals surface area contributed by atoms with E-state index < -0.39 is 10.0 Å². The van der Waals surface area contributed by atoms with Crippen molar-refractivity contribution in [3.63, 3.8) is 0 Å². The first-order valence-electron chi connectivity index (χ1n) is 8.54. The van der Waals surface area contributed by atoms with Gasteiger partial charge in [-0.25, -0.2) is 13.1 Å². The average Bonchev–Trinajstić information content (AvgIpc) is 3.06. The van der Waals surface area contributed by atoms with Gasteiger partial charge in [0.1, 0.15) is 5.75 Å². The number of hydrogen-bond donors (Lipinski definition) is 2. The largest absolute Gasteiger partial charge is 0.490 e. The number of amides is 1. The molecule has 1 fully saturated rings. The van der Waals surface area contributed by atoms with Crippen LogP contribution in [0.5, 0.6) is 5.75 Å². The summed E-state index contributed by atoms with van der Waals surface area (Å²) in [7, 11) is 0.0780. The normalized spacial score (nSPS) is 15.5. The van der Waals surface area contributed by atoms with Crippen LogP contribution < -0.4 is 14.8 Å². The molecule has 7 nitrogen and oxygen atoms in total. The van der Waals surface area contributed by atoms with Crippen LogP contribution >= 0.6 is 0 Å². The van der Waals surface area contributed by atoms with Crippen molar-refractivity contribution in [3.05, 3.63) is 24.3 Å². The van der Waals surface area contributed by atoms with E-state index >= 15 is 0 Å². The number of hydrogen-bond acceptors (Lipinski definition) is 5. The highest BCUT2D eigenvalue weighted by Crippen LogP contribution is 2.24. The quantitative estimate of drug-likeness (QED) is 0.677. The third kappa shape index (κ3) is 6.64. The second kappa shape index (κ2) is 9.17. The molecule has 2 rings (SSSR count). The molecule has 140 valence electrons.